The van der Waals surface area contributed by atoms with E-state index < -0.39 is 0 Å². The van der Waals surface area contributed by atoms with E-state index in [-0.39, 0.29) is 0 Å². The molecule has 0 amide bonds. The summed E-state index contributed by atoms with van der Waals surface area (Å²) in [6.07, 6.45) is 5.18. The molecule has 0 saturated heterocycles. The first kappa shape index (κ1) is 12.0. The molecule has 0 spiro atoms. The highest BCUT2D eigenvalue weighted by molar-refractivity contribution is 5.54. The van der Waals surface area contributed by atoms with Crippen LogP contribution in [0.3, 0.4) is 0 Å². The zero-order valence-electron chi connectivity index (χ0n) is 10.7. The lowest BCUT2D eigenvalue weighted by molar-refractivity contribution is 0.361. The van der Waals surface area contributed by atoms with Gasteiger partial charge in [-0.25, -0.2) is 0 Å². The minimum Gasteiger partial charge on any atom is -0.382 e. The van der Waals surface area contributed by atoms with E-state index in [0.29, 0.717) is 6.04 Å². The molecule has 1 N–H and O–H groups in total. The third-order valence-electron chi connectivity index (χ3n) is 3.73. The van der Waals surface area contributed by atoms with E-state index in [1.54, 1.807) is 0 Å². The number of aryl methyl sites for hydroxylation is 1. The Labute approximate surface area is 104 Å². The maximum absolute atomic E-state index is 8.83. The van der Waals surface area contributed by atoms with Crippen molar-refractivity contribution in [1.82, 2.24) is 0 Å². The first-order valence-corrected chi connectivity index (χ1v) is 6.46. The summed E-state index contributed by atoms with van der Waals surface area (Å²) in [4.78, 5) is 0. The van der Waals surface area contributed by atoms with Gasteiger partial charge in [0.25, 0.3) is 0 Å². The molecule has 0 aliphatic heterocycles. The average Bonchev–Trinajstić information content (AvgIpc) is 2.34. The molecule has 17 heavy (non-hydrogen) atoms. The Hall–Kier alpha value is -1.49. The topological polar surface area (TPSA) is 35.8 Å². The molecule has 2 rings (SSSR count). The molecule has 1 aliphatic carbocycles. The first-order valence-electron chi connectivity index (χ1n) is 6.46. The summed E-state index contributed by atoms with van der Waals surface area (Å²) in [6.45, 7) is 4.40. The van der Waals surface area contributed by atoms with E-state index in [1.165, 1.54) is 36.9 Å². The number of hydrogen-bond acceptors (Lipinski definition) is 2. The van der Waals surface area contributed by atoms with Gasteiger partial charge >= 0.3 is 0 Å². The summed E-state index contributed by atoms with van der Waals surface area (Å²) in [5.74, 6) is 0.884. The van der Waals surface area contributed by atoms with Crippen LogP contribution >= 0.6 is 0 Å². The summed E-state index contributed by atoms with van der Waals surface area (Å²) in [5.41, 5.74) is 3.09. The van der Waals surface area contributed by atoms with E-state index in [4.69, 9.17) is 5.26 Å². The molecule has 1 aromatic rings. The molecule has 0 bridgehead atoms. The molecular weight excluding hydrogens is 208 g/mol. The monoisotopic (exact) mass is 228 g/mol. The van der Waals surface area contributed by atoms with Gasteiger partial charge in [0.05, 0.1) is 11.6 Å². The van der Waals surface area contributed by atoms with E-state index in [2.05, 4.69) is 25.2 Å². The Morgan fingerprint density at radius 3 is 2.53 bits per heavy atom. The predicted octanol–water partition coefficient (Wildman–Crippen LogP) is 3.86. The van der Waals surface area contributed by atoms with Crippen LogP contribution in [0.4, 0.5) is 5.69 Å². The highest BCUT2D eigenvalue weighted by Crippen LogP contribution is 2.27. The SMILES string of the molecule is Cc1cc(C#N)ccc1NC1CCC(C)CC1. The van der Waals surface area contributed by atoms with Crippen molar-refractivity contribution in [2.45, 2.75) is 45.6 Å². The fourth-order valence-electron chi connectivity index (χ4n) is 2.52. The molecule has 1 aromatic carbocycles. The van der Waals surface area contributed by atoms with Gasteiger partial charge in [-0.1, -0.05) is 6.92 Å². The van der Waals surface area contributed by atoms with E-state index >= 15 is 0 Å². The summed E-state index contributed by atoms with van der Waals surface area (Å²) in [5, 5.41) is 12.4. The van der Waals surface area contributed by atoms with Gasteiger partial charge in [0.15, 0.2) is 0 Å². The second-order valence-electron chi connectivity index (χ2n) is 5.24. The first-order chi connectivity index (χ1) is 8.19. The fourth-order valence-corrected chi connectivity index (χ4v) is 2.52. The van der Waals surface area contributed by atoms with Crippen molar-refractivity contribution in [3.05, 3.63) is 29.3 Å². The van der Waals surface area contributed by atoms with E-state index in [0.717, 1.165) is 11.5 Å². The average molecular weight is 228 g/mol. The molecule has 2 nitrogen and oxygen atoms in total. The van der Waals surface area contributed by atoms with Crippen LogP contribution in [0.2, 0.25) is 0 Å². The minimum atomic E-state index is 0.609. The fraction of sp³-hybridized carbons (Fsp3) is 0.533. The standard InChI is InChI=1S/C15H20N2/c1-11-3-6-14(7-4-11)17-15-8-5-13(10-16)9-12(15)2/h5,8-9,11,14,17H,3-4,6-7H2,1-2H3. The van der Waals surface area contributed by atoms with Gasteiger partial charge in [0.2, 0.25) is 0 Å². The van der Waals surface area contributed by atoms with Crippen LogP contribution in [0.25, 0.3) is 0 Å². The van der Waals surface area contributed by atoms with Gasteiger partial charge in [-0.2, -0.15) is 5.26 Å². The predicted molar refractivity (Wildman–Crippen MR) is 70.9 cm³/mol. The number of nitrogens with one attached hydrogen (secondary N) is 1. The van der Waals surface area contributed by atoms with Crippen LogP contribution in [0.5, 0.6) is 0 Å². The normalized spacial score (nSPS) is 24.1. The van der Waals surface area contributed by atoms with Gasteiger partial charge in [-0.15, -0.1) is 0 Å². The van der Waals surface area contributed by atoms with Crippen molar-refractivity contribution >= 4 is 5.69 Å². The summed E-state index contributed by atoms with van der Waals surface area (Å²) >= 11 is 0. The van der Waals surface area contributed by atoms with Crippen molar-refractivity contribution < 1.29 is 0 Å². The lowest BCUT2D eigenvalue weighted by atomic mass is 9.87. The Bertz CT molecular complexity index is 423. The lowest BCUT2D eigenvalue weighted by Gasteiger charge is -2.28. The summed E-state index contributed by atoms with van der Waals surface area (Å²) in [6, 6.07) is 8.66. The molecule has 0 heterocycles. The molecule has 1 fully saturated rings. The number of nitrogens with zero attached hydrogens (tertiary/aromatic N) is 1. The van der Waals surface area contributed by atoms with Crippen LogP contribution < -0.4 is 5.32 Å². The quantitative estimate of drug-likeness (QED) is 0.834. The van der Waals surface area contributed by atoms with Gasteiger partial charge < -0.3 is 5.32 Å². The molecule has 1 aliphatic rings. The van der Waals surface area contributed by atoms with Gasteiger partial charge in [-0.3, -0.25) is 0 Å². The number of rotatable bonds is 2. The van der Waals surface area contributed by atoms with Gasteiger partial charge in [0.1, 0.15) is 0 Å². The highest BCUT2D eigenvalue weighted by atomic mass is 14.9. The van der Waals surface area contributed by atoms with Gasteiger partial charge in [-0.05, 0) is 62.3 Å². The van der Waals surface area contributed by atoms with Crippen LogP contribution in [0, 0.1) is 24.2 Å². The minimum absolute atomic E-state index is 0.609. The smallest absolute Gasteiger partial charge is 0.0991 e. The van der Waals surface area contributed by atoms with Crippen molar-refractivity contribution in [2.24, 2.45) is 5.92 Å². The Morgan fingerprint density at radius 1 is 1.24 bits per heavy atom. The maximum Gasteiger partial charge on any atom is 0.0991 e. The number of anilines is 1. The van der Waals surface area contributed by atoms with Crippen molar-refractivity contribution in [2.75, 3.05) is 5.32 Å². The second-order valence-corrected chi connectivity index (χ2v) is 5.24. The van der Waals surface area contributed by atoms with Crippen molar-refractivity contribution in [3.8, 4) is 6.07 Å². The molecule has 0 aromatic heterocycles. The van der Waals surface area contributed by atoms with Crippen LogP contribution in [-0.2, 0) is 0 Å². The molecule has 90 valence electrons. The van der Waals surface area contributed by atoms with Crippen molar-refractivity contribution in [1.29, 1.82) is 5.26 Å². The zero-order valence-corrected chi connectivity index (χ0v) is 10.7. The van der Waals surface area contributed by atoms with Crippen LogP contribution in [0.15, 0.2) is 18.2 Å². The lowest BCUT2D eigenvalue weighted by Crippen LogP contribution is -2.25. The largest absolute Gasteiger partial charge is 0.382 e. The molecule has 2 heteroatoms. The Balaban J connectivity index is 2.02. The zero-order chi connectivity index (χ0) is 12.3. The molecular formula is C15H20N2. The molecule has 1 saturated carbocycles. The second kappa shape index (κ2) is 5.23. The van der Waals surface area contributed by atoms with Gasteiger partial charge in [0, 0.05) is 11.7 Å². The third kappa shape index (κ3) is 3.00. The summed E-state index contributed by atoms with van der Waals surface area (Å²) < 4.78 is 0. The molecule has 0 radical (unpaired) electrons. The highest BCUT2D eigenvalue weighted by Gasteiger charge is 2.18. The number of hydrogen-bond donors (Lipinski definition) is 1. The Kier molecular flexibility index (Phi) is 3.68. The molecule has 0 unspecified atom stereocenters. The molecule has 0 atom stereocenters. The van der Waals surface area contributed by atoms with E-state index in [9.17, 15) is 0 Å². The number of nitriles is 1. The summed E-state index contributed by atoms with van der Waals surface area (Å²) in [7, 11) is 0. The van der Waals surface area contributed by atoms with Crippen LogP contribution in [0.1, 0.15) is 43.7 Å². The maximum atomic E-state index is 8.83. The van der Waals surface area contributed by atoms with Crippen LogP contribution in [-0.4, -0.2) is 6.04 Å². The number of benzene rings is 1. The Morgan fingerprint density at radius 2 is 1.94 bits per heavy atom. The third-order valence-corrected chi connectivity index (χ3v) is 3.73. The van der Waals surface area contributed by atoms with Crippen molar-refractivity contribution in [3.63, 3.8) is 0 Å². The van der Waals surface area contributed by atoms with E-state index in [1.807, 2.05) is 18.2 Å².